The molecule has 0 fully saturated rings. The highest BCUT2D eigenvalue weighted by atomic mass is 35.5. The summed E-state index contributed by atoms with van der Waals surface area (Å²) < 4.78 is 0. The standard InChI is InChI=1S/C7H6N2.C6H6ClN.2C2H6/c1-6-2-3-7(4-8)5-9-6;1-5-2-3-6(7)4-8-5;2*1-2/h2-3,5H,1H3;2-4H,1H3;2*1-2H3. The third kappa shape index (κ3) is 11.6. The Kier molecular flexibility index (Phi) is 14.8. The highest BCUT2D eigenvalue weighted by Gasteiger charge is 1.86. The van der Waals surface area contributed by atoms with Crippen LogP contribution in [0, 0.1) is 25.2 Å². The van der Waals surface area contributed by atoms with E-state index in [9.17, 15) is 0 Å². The molecule has 0 amide bonds. The lowest BCUT2D eigenvalue weighted by molar-refractivity contribution is 1.19. The van der Waals surface area contributed by atoms with Crippen molar-refractivity contribution in [1.29, 1.82) is 5.26 Å². The lowest BCUT2D eigenvalue weighted by Gasteiger charge is -1.87. The molecule has 0 radical (unpaired) electrons. The molecule has 0 aromatic carbocycles. The third-order valence-electron chi connectivity index (χ3n) is 1.92. The Balaban J connectivity index is 0. The predicted molar refractivity (Wildman–Crippen MR) is 90.4 cm³/mol. The minimum absolute atomic E-state index is 0.612. The molecule has 0 aliphatic carbocycles. The Morgan fingerprint density at radius 3 is 1.62 bits per heavy atom. The fraction of sp³-hybridized carbons (Fsp3) is 0.353. The number of nitriles is 1. The van der Waals surface area contributed by atoms with Gasteiger partial charge in [-0.05, 0) is 38.1 Å². The Hall–Kier alpha value is -1.92. The SMILES string of the molecule is CC.CC.Cc1ccc(C#N)cn1.Cc1ccc(Cl)cn1. The normalized spacial score (nSPS) is 7.71. The number of nitrogens with zero attached hydrogens (tertiary/aromatic N) is 3. The van der Waals surface area contributed by atoms with Crippen LogP contribution in [0.3, 0.4) is 0 Å². The van der Waals surface area contributed by atoms with Crippen LogP contribution in [-0.2, 0) is 0 Å². The van der Waals surface area contributed by atoms with E-state index in [-0.39, 0.29) is 0 Å². The fourth-order valence-corrected chi connectivity index (χ4v) is 1.10. The zero-order chi connectivity index (χ0) is 16.7. The molecule has 0 N–H and O–H groups in total. The molecule has 0 atom stereocenters. The van der Waals surface area contributed by atoms with Gasteiger partial charge in [0.25, 0.3) is 0 Å². The molecule has 2 aromatic rings. The lowest BCUT2D eigenvalue weighted by atomic mass is 10.3. The zero-order valence-electron chi connectivity index (χ0n) is 13.7. The van der Waals surface area contributed by atoms with E-state index in [0.29, 0.717) is 10.6 Å². The first kappa shape index (κ1) is 21.4. The van der Waals surface area contributed by atoms with Crippen LogP contribution in [0.2, 0.25) is 5.02 Å². The molecule has 0 bridgehead atoms. The smallest absolute Gasteiger partial charge is 0.101 e. The van der Waals surface area contributed by atoms with Gasteiger partial charge in [-0.15, -0.1) is 0 Å². The summed E-state index contributed by atoms with van der Waals surface area (Å²) >= 11 is 5.55. The van der Waals surface area contributed by atoms with Crippen molar-refractivity contribution < 1.29 is 0 Å². The number of hydrogen-bond acceptors (Lipinski definition) is 3. The van der Waals surface area contributed by atoms with Gasteiger partial charge < -0.3 is 0 Å². The second-order valence-electron chi connectivity index (χ2n) is 3.42. The van der Waals surface area contributed by atoms with Crippen molar-refractivity contribution in [1.82, 2.24) is 9.97 Å². The van der Waals surface area contributed by atoms with Crippen molar-refractivity contribution >= 4 is 11.6 Å². The van der Waals surface area contributed by atoms with Gasteiger partial charge in [0.05, 0.1) is 10.6 Å². The third-order valence-corrected chi connectivity index (χ3v) is 2.14. The number of aryl methyl sites for hydroxylation is 2. The molecule has 0 aliphatic rings. The maximum atomic E-state index is 8.34. The number of halogens is 1. The first-order valence-electron chi connectivity index (χ1n) is 7.02. The number of pyridine rings is 2. The van der Waals surface area contributed by atoms with Gasteiger partial charge in [-0.25, -0.2) is 0 Å². The molecular weight excluding hydrogens is 282 g/mol. The van der Waals surface area contributed by atoms with Gasteiger partial charge in [0, 0.05) is 23.8 Å². The van der Waals surface area contributed by atoms with Gasteiger partial charge in [-0.2, -0.15) is 5.26 Å². The van der Waals surface area contributed by atoms with Crippen LogP contribution >= 0.6 is 11.6 Å². The summed E-state index contributed by atoms with van der Waals surface area (Å²) in [6, 6.07) is 9.26. The Bertz CT molecular complexity index is 478. The summed E-state index contributed by atoms with van der Waals surface area (Å²) in [5.74, 6) is 0. The second kappa shape index (κ2) is 14.5. The Morgan fingerprint density at radius 1 is 0.857 bits per heavy atom. The van der Waals surface area contributed by atoms with Gasteiger partial charge >= 0.3 is 0 Å². The quantitative estimate of drug-likeness (QED) is 0.658. The fourth-order valence-electron chi connectivity index (χ4n) is 0.984. The van der Waals surface area contributed by atoms with E-state index in [1.54, 1.807) is 18.5 Å². The average molecular weight is 306 g/mol. The van der Waals surface area contributed by atoms with E-state index >= 15 is 0 Å². The Morgan fingerprint density at radius 2 is 1.33 bits per heavy atom. The van der Waals surface area contributed by atoms with Gasteiger partial charge in [-0.1, -0.05) is 39.3 Å². The molecule has 0 spiro atoms. The molecule has 0 aliphatic heterocycles. The molecule has 2 aromatic heterocycles. The van der Waals surface area contributed by atoms with Crippen molar-refractivity contribution in [2.45, 2.75) is 41.5 Å². The number of aromatic nitrogens is 2. The van der Waals surface area contributed by atoms with Crippen LogP contribution in [0.1, 0.15) is 44.6 Å². The second-order valence-corrected chi connectivity index (χ2v) is 3.85. The van der Waals surface area contributed by atoms with Crippen LogP contribution < -0.4 is 0 Å². The van der Waals surface area contributed by atoms with Crippen LogP contribution in [0.5, 0.6) is 0 Å². The van der Waals surface area contributed by atoms with Gasteiger partial charge in [0.1, 0.15) is 6.07 Å². The van der Waals surface area contributed by atoms with Gasteiger partial charge in [-0.3, -0.25) is 9.97 Å². The molecule has 4 heteroatoms. The lowest BCUT2D eigenvalue weighted by Crippen LogP contribution is -1.79. The van der Waals surface area contributed by atoms with E-state index in [1.165, 1.54) is 0 Å². The first-order chi connectivity index (χ1) is 10.1. The molecule has 2 heterocycles. The predicted octanol–water partition coefficient (Wildman–Crippen LogP) is 5.36. The van der Waals surface area contributed by atoms with E-state index in [1.807, 2.05) is 65.8 Å². The topological polar surface area (TPSA) is 49.6 Å². The van der Waals surface area contributed by atoms with E-state index in [2.05, 4.69) is 9.97 Å². The number of rotatable bonds is 0. The average Bonchev–Trinajstić information content (AvgIpc) is 2.55. The summed E-state index contributed by atoms with van der Waals surface area (Å²) in [4.78, 5) is 7.87. The molecule has 3 nitrogen and oxygen atoms in total. The van der Waals surface area contributed by atoms with E-state index in [0.717, 1.165) is 11.4 Å². The molecule has 114 valence electrons. The zero-order valence-corrected chi connectivity index (χ0v) is 14.4. The largest absolute Gasteiger partial charge is 0.260 e. The molecule has 0 saturated heterocycles. The van der Waals surface area contributed by atoms with E-state index in [4.69, 9.17) is 16.9 Å². The van der Waals surface area contributed by atoms with Crippen molar-refractivity contribution in [3.63, 3.8) is 0 Å². The molecular formula is C17H24ClN3. The van der Waals surface area contributed by atoms with Gasteiger partial charge in [0.2, 0.25) is 0 Å². The minimum atomic E-state index is 0.612. The van der Waals surface area contributed by atoms with Crippen molar-refractivity contribution in [3.8, 4) is 6.07 Å². The first-order valence-corrected chi connectivity index (χ1v) is 7.40. The van der Waals surface area contributed by atoms with Crippen molar-refractivity contribution in [3.05, 3.63) is 58.6 Å². The van der Waals surface area contributed by atoms with Crippen LogP contribution in [0.25, 0.3) is 0 Å². The van der Waals surface area contributed by atoms with Crippen LogP contribution in [0.15, 0.2) is 36.7 Å². The summed E-state index contributed by atoms with van der Waals surface area (Å²) in [5.41, 5.74) is 2.55. The van der Waals surface area contributed by atoms with Crippen molar-refractivity contribution in [2.75, 3.05) is 0 Å². The monoisotopic (exact) mass is 305 g/mol. The minimum Gasteiger partial charge on any atom is -0.260 e. The summed E-state index contributed by atoms with van der Waals surface area (Å²) in [7, 11) is 0. The summed E-state index contributed by atoms with van der Waals surface area (Å²) in [6.45, 7) is 11.8. The summed E-state index contributed by atoms with van der Waals surface area (Å²) in [5, 5.41) is 9.03. The maximum Gasteiger partial charge on any atom is 0.101 e. The molecule has 21 heavy (non-hydrogen) atoms. The molecule has 0 unspecified atom stereocenters. The molecule has 0 saturated carbocycles. The highest BCUT2D eigenvalue weighted by Crippen LogP contribution is 2.04. The van der Waals surface area contributed by atoms with Crippen LogP contribution in [-0.4, -0.2) is 9.97 Å². The number of hydrogen-bond donors (Lipinski definition) is 0. The highest BCUT2D eigenvalue weighted by molar-refractivity contribution is 6.30. The van der Waals surface area contributed by atoms with Gasteiger partial charge in [0.15, 0.2) is 0 Å². The Labute approximate surface area is 133 Å². The summed E-state index contributed by atoms with van der Waals surface area (Å²) in [6.07, 6.45) is 3.20. The maximum absolute atomic E-state index is 8.34. The van der Waals surface area contributed by atoms with E-state index < -0.39 is 0 Å². The van der Waals surface area contributed by atoms with Crippen LogP contribution in [0.4, 0.5) is 0 Å². The van der Waals surface area contributed by atoms with Crippen molar-refractivity contribution in [2.24, 2.45) is 0 Å². The molecule has 2 rings (SSSR count).